The lowest BCUT2D eigenvalue weighted by Crippen LogP contribution is -2.45. The average Bonchev–Trinajstić information content (AvgIpc) is 2.66. The van der Waals surface area contributed by atoms with Crippen LogP contribution < -0.4 is 4.90 Å². The predicted octanol–water partition coefficient (Wildman–Crippen LogP) is 3.61. The van der Waals surface area contributed by atoms with Crippen LogP contribution in [0.4, 0.5) is 10.1 Å². The summed E-state index contributed by atoms with van der Waals surface area (Å²) in [6.45, 7) is 10.8. The Morgan fingerprint density at radius 3 is 2.64 bits per heavy atom. The Balaban J connectivity index is 2.02. The number of carbonyl (C=O) groups is 1. The number of morpholine rings is 1. The van der Waals surface area contributed by atoms with E-state index in [2.05, 4.69) is 24.8 Å². The maximum absolute atomic E-state index is 14.9. The van der Waals surface area contributed by atoms with Crippen LogP contribution in [0.1, 0.15) is 38.8 Å². The molecule has 2 heterocycles. The fourth-order valence-electron chi connectivity index (χ4n) is 4.04. The van der Waals surface area contributed by atoms with Crippen molar-refractivity contribution in [2.75, 3.05) is 37.7 Å². The number of likely N-dealkylation sites (N-methyl/N-ethyl adjacent to an activating group) is 1. The molecule has 0 unspecified atom stereocenters. The first kappa shape index (κ1) is 20.1. The van der Waals surface area contributed by atoms with Crippen LogP contribution in [0.3, 0.4) is 0 Å². The molecular formula is C22H26FN3O2. The topological polar surface area (TPSA) is 56.6 Å². The number of benzene rings is 1. The number of nitriles is 1. The van der Waals surface area contributed by atoms with E-state index in [1.165, 1.54) is 12.1 Å². The minimum Gasteiger partial charge on any atom is -0.378 e. The van der Waals surface area contributed by atoms with E-state index in [0.29, 0.717) is 26.3 Å². The van der Waals surface area contributed by atoms with Gasteiger partial charge in [0, 0.05) is 36.4 Å². The molecule has 148 valence electrons. The summed E-state index contributed by atoms with van der Waals surface area (Å²) in [4.78, 5) is 16.3. The van der Waals surface area contributed by atoms with Crippen molar-refractivity contribution in [3.8, 4) is 6.07 Å². The van der Waals surface area contributed by atoms with Crippen molar-refractivity contribution < 1.29 is 13.9 Å². The van der Waals surface area contributed by atoms with E-state index in [4.69, 9.17) is 4.74 Å². The molecule has 1 saturated heterocycles. The molecule has 0 atom stereocenters. The van der Waals surface area contributed by atoms with Gasteiger partial charge in [-0.3, -0.25) is 4.79 Å². The lowest BCUT2D eigenvalue weighted by Gasteiger charge is -2.43. The van der Waals surface area contributed by atoms with Crippen molar-refractivity contribution in [1.29, 1.82) is 5.26 Å². The van der Waals surface area contributed by atoms with E-state index in [1.807, 2.05) is 19.9 Å². The van der Waals surface area contributed by atoms with Crippen LogP contribution in [-0.4, -0.2) is 49.2 Å². The third-order valence-electron chi connectivity index (χ3n) is 5.36. The average molecular weight is 383 g/mol. The number of amides is 1. The number of halogens is 1. The summed E-state index contributed by atoms with van der Waals surface area (Å²) in [5, 5.41) is 9.48. The van der Waals surface area contributed by atoms with Crippen LogP contribution in [0.5, 0.6) is 0 Å². The van der Waals surface area contributed by atoms with Gasteiger partial charge in [0.15, 0.2) is 0 Å². The van der Waals surface area contributed by atoms with Gasteiger partial charge in [0.05, 0.1) is 18.8 Å². The Morgan fingerprint density at radius 2 is 2.04 bits per heavy atom. The van der Waals surface area contributed by atoms with Crippen molar-refractivity contribution in [1.82, 2.24) is 4.90 Å². The highest BCUT2D eigenvalue weighted by atomic mass is 19.1. The van der Waals surface area contributed by atoms with Crippen molar-refractivity contribution >= 4 is 23.2 Å². The number of hydrogen-bond acceptors (Lipinski definition) is 4. The summed E-state index contributed by atoms with van der Waals surface area (Å²) in [7, 11) is 0. The van der Waals surface area contributed by atoms with Crippen molar-refractivity contribution in [3.05, 3.63) is 40.7 Å². The van der Waals surface area contributed by atoms with Crippen LogP contribution in [0.15, 0.2) is 23.8 Å². The van der Waals surface area contributed by atoms with Gasteiger partial charge in [-0.2, -0.15) is 5.26 Å². The van der Waals surface area contributed by atoms with E-state index in [1.54, 1.807) is 11.0 Å². The quantitative estimate of drug-likeness (QED) is 0.591. The highest BCUT2D eigenvalue weighted by Gasteiger charge is 2.31. The predicted molar refractivity (Wildman–Crippen MR) is 108 cm³/mol. The lowest BCUT2D eigenvalue weighted by molar-refractivity contribution is -0.130. The maximum atomic E-state index is 14.9. The van der Waals surface area contributed by atoms with Crippen molar-refractivity contribution in [2.24, 2.45) is 0 Å². The molecule has 1 amide bonds. The molecule has 1 fully saturated rings. The van der Waals surface area contributed by atoms with Gasteiger partial charge in [0.2, 0.25) is 0 Å². The number of nitrogens with zero attached hydrogens (tertiary/aromatic N) is 3. The number of ether oxygens (including phenoxy) is 1. The highest BCUT2D eigenvalue weighted by Crippen LogP contribution is 2.40. The first-order chi connectivity index (χ1) is 13.3. The second-order valence-electron chi connectivity index (χ2n) is 7.69. The SMILES string of the molecule is CCN1c2cc(F)c(/C=C(\C#N)C(=O)N3CCOCC3)cc2C(C)=CC1(C)C. The number of fused-ring (bicyclic) bond motifs is 1. The van der Waals surface area contributed by atoms with E-state index < -0.39 is 5.82 Å². The molecule has 0 bridgehead atoms. The van der Waals surface area contributed by atoms with E-state index in [-0.39, 0.29) is 22.6 Å². The van der Waals surface area contributed by atoms with Gasteiger partial charge in [0.25, 0.3) is 5.91 Å². The second-order valence-corrected chi connectivity index (χ2v) is 7.69. The smallest absolute Gasteiger partial charge is 0.264 e. The minimum atomic E-state index is -0.440. The molecule has 2 aliphatic heterocycles. The van der Waals surface area contributed by atoms with Crippen LogP contribution >= 0.6 is 0 Å². The Morgan fingerprint density at radius 1 is 1.36 bits per heavy atom. The van der Waals surface area contributed by atoms with Gasteiger partial charge in [-0.1, -0.05) is 6.08 Å². The fraction of sp³-hybridized carbons (Fsp3) is 0.455. The molecule has 5 nitrogen and oxygen atoms in total. The van der Waals surface area contributed by atoms with Crippen LogP contribution in [0, 0.1) is 17.1 Å². The van der Waals surface area contributed by atoms with Crippen molar-refractivity contribution in [2.45, 2.75) is 33.2 Å². The molecule has 1 aromatic carbocycles. The molecule has 6 heteroatoms. The molecule has 3 rings (SSSR count). The number of carbonyl (C=O) groups excluding carboxylic acids is 1. The fourth-order valence-corrected chi connectivity index (χ4v) is 4.04. The third kappa shape index (κ3) is 3.67. The molecule has 0 saturated carbocycles. The summed E-state index contributed by atoms with van der Waals surface area (Å²) in [5.41, 5.74) is 2.79. The summed E-state index contributed by atoms with van der Waals surface area (Å²) >= 11 is 0. The van der Waals surface area contributed by atoms with E-state index in [9.17, 15) is 14.4 Å². The largest absolute Gasteiger partial charge is 0.378 e. The molecule has 0 radical (unpaired) electrons. The first-order valence-corrected chi connectivity index (χ1v) is 9.58. The summed E-state index contributed by atoms with van der Waals surface area (Å²) in [5.74, 6) is -0.822. The molecule has 1 aromatic rings. The molecule has 2 aliphatic rings. The summed E-state index contributed by atoms with van der Waals surface area (Å²) in [6.07, 6.45) is 3.52. The standard InChI is InChI=1S/C22H26FN3O2/c1-5-26-20-12-19(23)16(11-18(20)15(2)13-22(26,3)4)10-17(14-24)21(27)25-6-8-28-9-7-25/h10-13H,5-9H2,1-4H3/b17-10+. The van der Waals surface area contributed by atoms with Crippen LogP contribution in [0.25, 0.3) is 11.6 Å². The zero-order valence-electron chi connectivity index (χ0n) is 16.9. The first-order valence-electron chi connectivity index (χ1n) is 9.58. The Bertz CT molecular complexity index is 890. The third-order valence-corrected chi connectivity index (χ3v) is 5.36. The molecule has 0 spiro atoms. The van der Waals surface area contributed by atoms with E-state index >= 15 is 0 Å². The summed E-state index contributed by atoms with van der Waals surface area (Å²) < 4.78 is 20.2. The maximum Gasteiger partial charge on any atom is 0.264 e. The minimum absolute atomic E-state index is 0.0640. The van der Waals surface area contributed by atoms with Crippen molar-refractivity contribution in [3.63, 3.8) is 0 Å². The molecule has 0 N–H and O–H groups in total. The summed E-state index contributed by atoms with van der Waals surface area (Å²) in [6, 6.07) is 5.18. The van der Waals surface area contributed by atoms with E-state index in [0.717, 1.165) is 23.4 Å². The lowest BCUT2D eigenvalue weighted by atomic mass is 9.87. The Hall–Kier alpha value is -2.65. The zero-order chi connectivity index (χ0) is 20.5. The van der Waals surface area contributed by atoms with Gasteiger partial charge in [0.1, 0.15) is 17.5 Å². The zero-order valence-corrected chi connectivity index (χ0v) is 16.9. The van der Waals surface area contributed by atoms with Gasteiger partial charge in [-0.25, -0.2) is 4.39 Å². The molecule has 28 heavy (non-hydrogen) atoms. The van der Waals surface area contributed by atoms with Gasteiger partial charge >= 0.3 is 0 Å². The normalized spacial score (nSPS) is 19.0. The van der Waals surface area contributed by atoms with Gasteiger partial charge in [-0.05, 0) is 51.5 Å². The molecule has 0 aliphatic carbocycles. The number of allylic oxidation sites excluding steroid dienone is 1. The molecule has 0 aromatic heterocycles. The highest BCUT2D eigenvalue weighted by molar-refractivity contribution is 6.02. The Kier molecular flexibility index (Phi) is 5.57. The Labute approximate surface area is 165 Å². The number of hydrogen-bond donors (Lipinski definition) is 0. The monoisotopic (exact) mass is 383 g/mol. The van der Waals surface area contributed by atoms with Crippen LogP contribution in [0.2, 0.25) is 0 Å². The van der Waals surface area contributed by atoms with Gasteiger partial charge in [-0.15, -0.1) is 0 Å². The molecular weight excluding hydrogens is 357 g/mol. The van der Waals surface area contributed by atoms with Gasteiger partial charge < -0.3 is 14.5 Å². The second kappa shape index (κ2) is 7.76. The van der Waals surface area contributed by atoms with Crippen LogP contribution in [-0.2, 0) is 9.53 Å². The number of rotatable bonds is 3. The number of anilines is 1.